The van der Waals surface area contributed by atoms with E-state index in [0.717, 1.165) is 12.8 Å². The minimum absolute atomic E-state index is 1.09. The van der Waals surface area contributed by atoms with Gasteiger partial charge < -0.3 is 9.47 Å². The van der Waals surface area contributed by atoms with Crippen molar-refractivity contribution >= 4 is 38.8 Å². The van der Waals surface area contributed by atoms with E-state index in [4.69, 9.17) is 0 Å². The molecule has 9 rings (SSSR count). The van der Waals surface area contributed by atoms with E-state index >= 15 is 0 Å². The Kier molecular flexibility index (Phi) is 6.90. The van der Waals surface area contributed by atoms with Crippen LogP contribution in [-0.2, 0) is 12.8 Å². The van der Waals surface area contributed by atoms with Crippen molar-refractivity contribution in [2.24, 2.45) is 0 Å². The fourth-order valence-electron chi connectivity index (χ4n) is 7.54. The summed E-state index contributed by atoms with van der Waals surface area (Å²) in [7, 11) is 2.16. The summed E-state index contributed by atoms with van der Waals surface area (Å²) in [6, 6.07) is 49.6. The second-order valence-corrected chi connectivity index (χ2v) is 13.5. The van der Waals surface area contributed by atoms with Crippen molar-refractivity contribution in [2.45, 2.75) is 32.6 Å². The molecule has 2 aliphatic rings. The molecule has 0 N–H and O–H groups in total. The van der Waals surface area contributed by atoms with Gasteiger partial charge in [0, 0.05) is 34.9 Å². The fourth-order valence-corrected chi connectivity index (χ4v) is 7.54. The summed E-state index contributed by atoms with van der Waals surface area (Å²) >= 11 is 0. The van der Waals surface area contributed by atoms with E-state index in [1.54, 1.807) is 0 Å². The Labute approximate surface area is 282 Å². The largest absolute Gasteiger partial charge is 0.345 e. The predicted octanol–water partition coefficient (Wildman–Crippen LogP) is 12.1. The lowest BCUT2D eigenvalue weighted by Crippen LogP contribution is -2.09. The minimum Gasteiger partial charge on any atom is -0.345 e. The molecule has 7 aromatic rings. The van der Waals surface area contributed by atoms with Crippen LogP contribution in [0.15, 0.2) is 151 Å². The highest BCUT2D eigenvalue weighted by Crippen LogP contribution is 2.38. The molecule has 0 aliphatic heterocycles. The second-order valence-electron chi connectivity index (χ2n) is 13.5. The summed E-state index contributed by atoms with van der Waals surface area (Å²) in [6.45, 7) is 2.22. The Morgan fingerprint density at radius 2 is 1.15 bits per heavy atom. The molecule has 0 saturated heterocycles. The van der Waals surface area contributed by atoms with Crippen molar-refractivity contribution in [2.75, 3.05) is 11.9 Å². The molecule has 0 bridgehead atoms. The Morgan fingerprint density at radius 1 is 0.479 bits per heavy atom. The predicted molar refractivity (Wildman–Crippen MR) is 205 cm³/mol. The van der Waals surface area contributed by atoms with Crippen LogP contribution in [0.1, 0.15) is 36.5 Å². The van der Waals surface area contributed by atoms with Crippen molar-refractivity contribution in [3.63, 3.8) is 0 Å². The number of benzene rings is 6. The molecule has 2 aliphatic carbocycles. The van der Waals surface area contributed by atoms with Gasteiger partial charge in [-0.25, -0.2) is 0 Å². The Morgan fingerprint density at radius 3 is 1.85 bits per heavy atom. The van der Waals surface area contributed by atoms with Gasteiger partial charge in [0.2, 0.25) is 0 Å². The fraction of sp³-hybridized carbons (Fsp3) is 0.130. The van der Waals surface area contributed by atoms with Crippen molar-refractivity contribution in [3.05, 3.63) is 168 Å². The average Bonchev–Trinajstić information content (AvgIpc) is 3.45. The minimum atomic E-state index is 1.09. The van der Waals surface area contributed by atoms with E-state index in [0.29, 0.717) is 0 Å². The van der Waals surface area contributed by atoms with Gasteiger partial charge in [0.15, 0.2) is 0 Å². The van der Waals surface area contributed by atoms with E-state index in [2.05, 4.69) is 169 Å². The number of nitrogens with zero attached hydrogens (tertiary/aromatic N) is 2. The Bertz CT molecular complexity index is 2400. The van der Waals surface area contributed by atoms with Gasteiger partial charge in [0.25, 0.3) is 0 Å². The molecule has 48 heavy (non-hydrogen) atoms. The lowest BCUT2D eigenvalue weighted by molar-refractivity contribution is 0.840. The molecule has 0 saturated carbocycles. The Hall–Kier alpha value is -5.60. The van der Waals surface area contributed by atoms with Crippen LogP contribution < -0.4 is 4.90 Å². The Balaban J connectivity index is 1.07. The molecule has 1 heterocycles. The van der Waals surface area contributed by atoms with Gasteiger partial charge in [-0.15, -0.1) is 0 Å². The number of hydrogen-bond acceptors (Lipinski definition) is 1. The molecule has 0 spiro atoms. The van der Waals surface area contributed by atoms with Gasteiger partial charge in [-0.05, 0) is 138 Å². The molecule has 2 heteroatoms. The zero-order chi connectivity index (χ0) is 32.2. The first-order chi connectivity index (χ1) is 23.6. The molecular weight excluding hydrogens is 581 g/mol. The van der Waals surface area contributed by atoms with Crippen molar-refractivity contribution < 1.29 is 0 Å². The molecule has 232 valence electrons. The number of aryl methyl sites for hydroxylation is 2. The van der Waals surface area contributed by atoms with E-state index in [9.17, 15) is 0 Å². The maximum atomic E-state index is 2.41. The highest BCUT2D eigenvalue weighted by Gasteiger charge is 2.17. The van der Waals surface area contributed by atoms with Crippen molar-refractivity contribution in [1.82, 2.24) is 4.57 Å². The topological polar surface area (TPSA) is 8.17 Å². The molecule has 2 nitrogen and oxygen atoms in total. The lowest BCUT2D eigenvalue weighted by atomic mass is 9.86. The molecule has 0 radical (unpaired) electrons. The number of para-hydroxylation sites is 1. The van der Waals surface area contributed by atoms with E-state index in [-0.39, 0.29) is 0 Å². The third-order valence-electron chi connectivity index (χ3n) is 10.5. The van der Waals surface area contributed by atoms with Crippen molar-refractivity contribution in [3.8, 4) is 27.9 Å². The summed E-state index contributed by atoms with van der Waals surface area (Å²) in [6.07, 6.45) is 9.23. The molecule has 0 fully saturated rings. The maximum absolute atomic E-state index is 2.41. The molecule has 6 aromatic carbocycles. The van der Waals surface area contributed by atoms with E-state index < -0.39 is 0 Å². The zero-order valence-corrected chi connectivity index (χ0v) is 27.6. The summed E-state index contributed by atoms with van der Waals surface area (Å²) in [5.41, 5.74) is 18.2. The number of anilines is 2. The molecule has 1 aromatic heterocycles. The van der Waals surface area contributed by atoms with E-state index in [1.165, 1.54) is 102 Å². The molecule has 0 unspecified atom stereocenters. The molecule has 0 atom stereocenters. The first-order valence-electron chi connectivity index (χ1n) is 17.2. The lowest BCUT2D eigenvalue weighted by Gasteiger charge is -2.22. The quantitative estimate of drug-likeness (QED) is 0.180. The highest BCUT2D eigenvalue weighted by atomic mass is 15.1. The van der Waals surface area contributed by atoms with E-state index in [1.807, 2.05) is 0 Å². The first-order valence-corrected chi connectivity index (χ1v) is 17.2. The first kappa shape index (κ1) is 28.6. The van der Waals surface area contributed by atoms with Gasteiger partial charge in [-0.1, -0.05) is 90.5 Å². The van der Waals surface area contributed by atoms with Crippen LogP contribution in [0.2, 0.25) is 0 Å². The van der Waals surface area contributed by atoms with Crippen LogP contribution in [-0.4, -0.2) is 11.6 Å². The SMILES string of the molecule is CC1=CC=C(c2ccc3c(c2)c2cc(-c4ccc(N(C)c5cccc(-c6ccc7c(c6)CC7)c5)cc4)ccc2n3-c2ccccc2)CC1. The van der Waals surface area contributed by atoms with Gasteiger partial charge >= 0.3 is 0 Å². The monoisotopic (exact) mass is 618 g/mol. The third kappa shape index (κ3) is 4.96. The van der Waals surface area contributed by atoms with Crippen LogP contribution >= 0.6 is 0 Å². The zero-order valence-electron chi connectivity index (χ0n) is 27.6. The average molecular weight is 619 g/mol. The number of rotatable bonds is 6. The summed E-state index contributed by atoms with van der Waals surface area (Å²) in [5.74, 6) is 0. The van der Waals surface area contributed by atoms with Crippen LogP contribution in [0.4, 0.5) is 11.4 Å². The molecular formula is C46H38N2. The van der Waals surface area contributed by atoms with Gasteiger partial charge in [-0.2, -0.15) is 0 Å². The summed E-state index contributed by atoms with van der Waals surface area (Å²) in [5, 5.41) is 2.58. The highest BCUT2D eigenvalue weighted by molar-refractivity contribution is 6.11. The normalized spacial score (nSPS) is 14.0. The van der Waals surface area contributed by atoms with Crippen LogP contribution in [0.25, 0.3) is 55.3 Å². The van der Waals surface area contributed by atoms with Crippen LogP contribution in [0.5, 0.6) is 0 Å². The standard InChI is InChI=1S/C46H38N2/c1-31-11-13-32(14-12-31)38-21-25-45-43(29-38)44-30-39(22-26-46(44)48(45)41-8-4-3-5-9-41)34-19-23-40(24-20-34)47(2)42-10-6-7-35(28-42)37-18-16-33-15-17-36(33)27-37/h3-11,13,16,18-30H,12,14-15,17H2,1-2H3. The number of hydrogen-bond donors (Lipinski definition) is 0. The van der Waals surface area contributed by atoms with Gasteiger partial charge in [0.05, 0.1) is 11.0 Å². The van der Waals surface area contributed by atoms with Gasteiger partial charge in [-0.3, -0.25) is 0 Å². The van der Waals surface area contributed by atoms with Crippen LogP contribution in [0.3, 0.4) is 0 Å². The van der Waals surface area contributed by atoms with Crippen LogP contribution in [0, 0.1) is 0 Å². The third-order valence-corrected chi connectivity index (χ3v) is 10.5. The maximum Gasteiger partial charge on any atom is 0.0541 e. The summed E-state index contributed by atoms with van der Waals surface area (Å²) < 4.78 is 2.41. The number of aromatic nitrogens is 1. The van der Waals surface area contributed by atoms with Gasteiger partial charge in [0.1, 0.15) is 0 Å². The van der Waals surface area contributed by atoms with Crippen molar-refractivity contribution in [1.29, 1.82) is 0 Å². The molecule has 0 amide bonds. The smallest absolute Gasteiger partial charge is 0.0541 e. The second kappa shape index (κ2) is 11.6. The number of fused-ring (bicyclic) bond motifs is 4. The summed E-state index contributed by atoms with van der Waals surface area (Å²) in [4.78, 5) is 2.28. The number of allylic oxidation sites excluding steroid dienone is 4.